The van der Waals surface area contributed by atoms with Crippen molar-refractivity contribution in [2.75, 3.05) is 7.11 Å². The Bertz CT molecular complexity index is 243. The topological polar surface area (TPSA) is 71.7 Å². The van der Waals surface area contributed by atoms with Gasteiger partial charge in [-0.25, -0.2) is 0 Å². The zero-order chi connectivity index (χ0) is 10.4. The standard InChI is InChI=1S/C8H11O5/c1-5(9)6(8(11)13-3)4-7(10)12-2/h6H,3-4H2,1-2H3/q+1. The molecular formula is C8H11O5+. The van der Waals surface area contributed by atoms with E-state index in [0.29, 0.717) is 0 Å². The summed E-state index contributed by atoms with van der Waals surface area (Å²) in [6.07, 6.45) is -0.305. The predicted octanol–water partition coefficient (Wildman–Crippen LogP) is -0.354. The lowest BCUT2D eigenvalue weighted by Gasteiger charge is -2.00. The highest BCUT2D eigenvalue weighted by atomic mass is 16.5. The van der Waals surface area contributed by atoms with Gasteiger partial charge in [-0.05, 0) is 6.92 Å². The molecule has 5 nitrogen and oxygen atoms in total. The minimum Gasteiger partial charge on any atom is -0.469 e. The molecule has 0 spiro atoms. The third-order valence-electron chi connectivity index (χ3n) is 1.52. The van der Waals surface area contributed by atoms with E-state index in [4.69, 9.17) is 0 Å². The van der Waals surface area contributed by atoms with E-state index in [2.05, 4.69) is 16.0 Å². The van der Waals surface area contributed by atoms with Gasteiger partial charge >= 0.3 is 11.9 Å². The Balaban J connectivity index is 4.44. The van der Waals surface area contributed by atoms with E-state index in [9.17, 15) is 14.4 Å². The Kier molecular flexibility index (Phi) is 4.58. The number of ketones is 1. The molecule has 0 saturated carbocycles. The van der Waals surface area contributed by atoms with Gasteiger partial charge in [0.05, 0.1) is 13.5 Å². The van der Waals surface area contributed by atoms with E-state index in [1.165, 1.54) is 14.0 Å². The summed E-state index contributed by atoms with van der Waals surface area (Å²) in [6, 6.07) is 0. The maximum atomic E-state index is 10.9. The van der Waals surface area contributed by atoms with Crippen molar-refractivity contribution in [1.29, 1.82) is 0 Å². The summed E-state index contributed by atoms with van der Waals surface area (Å²) in [4.78, 5) is 32.5. The van der Waals surface area contributed by atoms with Gasteiger partial charge in [0.15, 0.2) is 18.5 Å². The molecule has 5 heteroatoms. The highest BCUT2D eigenvalue weighted by Gasteiger charge is 2.35. The van der Waals surface area contributed by atoms with E-state index in [1.807, 2.05) is 0 Å². The monoisotopic (exact) mass is 187 g/mol. The molecule has 0 rings (SSSR count). The molecule has 0 aromatic heterocycles. The van der Waals surface area contributed by atoms with Crippen molar-refractivity contribution >= 4 is 24.5 Å². The average Bonchev–Trinajstić information content (AvgIpc) is 2.11. The molecule has 13 heavy (non-hydrogen) atoms. The van der Waals surface area contributed by atoms with E-state index < -0.39 is 23.6 Å². The van der Waals surface area contributed by atoms with Gasteiger partial charge in [-0.2, -0.15) is 0 Å². The quantitative estimate of drug-likeness (QED) is 0.342. The normalized spacial score (nSPS) is 11.5. The molecule has 0 N–H and O–H groups in total. The van der Waals surface area contributed by atoms with Gasteiger partial charge in [-0.15, -0.1) is 0 Å². The molecular weight excluding hydrogens is 176 g/mol. The van der Waals surface area contributed by atoms with Crippen molar-refractivity contribution in [2.24, 2.45) is 5.92 Å². The fourth-order valence-electron chi connectivity index (χ4n) is 0.744. The number of carbonyl (C=O) groups excluding carboxylic acids is 4. The molecule has 0 fully saturated rings. The lowest BCUT2D eigenvalue weighted by Crippen LogP contribution is -2.25. The van der Waals surface area contributed by atoms with Crippen molar-refractivity contribution in [3.8, 4) is 0 Å². The molecule has 0 bridgehead atoms. The molecule has 0 heterocycles. The van der Waals surface area contributed by atoms with Crippen molar-refractivity contribution in [1.82, 2.24) is 0 Å². The van der Waals surface area contributed by atoms with E-state index in [-0.39, 0.29) is 6.42 Å². The van der Waals surface area contributed by atoms with Crippen LogP contribution in [0, 0.1) is 5.92 Å². The van der Waals surface area contributed by atoms with Crippen LogP contribution in [0.3, 0.4) is 0 Å². The van der Waals surface area contributed by atoms with Crippen LogP contribution >= 0.6 is 0 Å². The lowest BCUT2D eigenvalue weighted by atomic mass is 10.0. The van der Waals surface area contributed by atoms with Gasteiger partial charge in [0.1, 0.15) is 0 Å². The first-order valence-electron chi connectivity index (χ1n) is 3.56. The van der Waals surface area contributed by atoms with Crippen LogP contribution in [0.25, 0.3) is 0 Å². The first-order chi connectivity index (χ1) is 6.02. The minimum atomic E-state index is -1.11. The minimum absolute atomic E-state index is 0.305. The number of esters is 1. The molecule has 0 aromatic carbocycles. The number of methoxy groups -OCH3 is 1. The molecule has 72 valence electrons. The SMILES string of the molecule is C=[O+]C(=O)C(CC(=O)OC)C(C)=O. The number of rotatable bonds is 4. The molecule has 0 aliphatic heterocycles. The van der Waals surface area contributed by atoms with E-state index in [0.717, 1.165) is 0 Å². The van der Waals surface area contributed by atoms with Crippen LogP contribution in [-0.4, -0.2) is 31.6 Å². The second kappa shape index (κ2) is 5.18. The maximum Gasteiger partial charge on any atom is 0.590 e. The predicted molar refractivity (Wildman–Crippen MR) is 42.9 cm³/mol. The molecule has 0 amide bonds. The van der Waals surface area contributed by atoms with Crippen LogP contribution < -0.4 is 0 Å². The van der Waals surface area contributed by atoms with Crippen molar-refractivity contribution in [3.63, 3.8) is 0 Å². The fourth-order valence-corrected chi connectivity index (χ4v) is 0.744. The van der Waals surface area contributed by atoms with E-state index >= 15 is 0 Å². The largest absolute Gasteiger partial charge is 0.590 e. The Labute approximate surface area is 75.4 Å². The summed E-state index contributed by atoms with van der Waals surface area (Å²) < 4.78 is 8.41. The summed E-state index contributed by atoms with van der Waals surface area (Å²) in [5.41, 5.74) is 0. The van der Waals surface area contributed by atoms with Gasteiger partial charge in [0, 0.05) is 4.79 Å². The molecule has 1 unspecified atom stereocenters. The Hall–Kier alpha value is -1.52. The summed E-state index contributed by atoms with van der Waals surface area (Å²) >= 11 is 0. The van der Waals surface area contributed by atoms with Gasteiger partial charge in [0.2, 0.25) is 0 Å². The van der Waals surface area contributed by atoms with Gasteiger partial charge in [-0.3, -0.25) is 14.0 Å². The zero-order valence-corrected chi connectivity index (χ0v) is 7.53. The van der Waals surface area contributed by atoms with Crippen molar-refractivity contribution in [3.05, 3.63) is 0 Å². The molecule has 1 atom stereocenters. The van der Waals surface area contributed by atoms with Crippen LogP contribution in [-0.2, 0) is 23.5 Å². The zero-order valence-electron chi connectivity index (χ0n) is 7.53. The van der Waals surface area contributed by atoms with Crippen LogP contribution in [0.1, 0.15) is 13.3 Å². The third-order valence-corrected chi connectivity index (χ3v) is 1.52. The first-order valence-corrected chi connectivity index (χ1v) is 3.56. The second-order valence-electron chi connectivity index (χ2n) is 2.41. The van der Waals surface area contributed by atoms with E-state index in [1.54, 1.807) is 0 Å². The number of ether oxygens (including phenoxy) is 1. The first kappa shape index (κ1) is 11.5. The highest BCUT2D eigenvalue weighted by molar-refractivity contribution is 5.99. The number of hydrogen-bond donors (Lipinski definition) is 0. The second-order valence-corrected chi connectivity index (χ2v) is 2.41. The Morgan fingerprint density at radius 1 is 1.46 bits per heavy atom. The summed E-state index contributed by atoms with van der Waals surface area (Å²) in [7, 11) is 1.18. The Morgan fingerprint density at radius 2 is 2.00 bits per heavy atom. The smallest absolute Gasteiger partial charge is 0.469 e. The highest BCUT2D eigenvalue weighted by Crippen LogP contribution is 2.06. The number of carbonyl (C=O) groups is 3. The van der Waals surface area contributed by atoms with Crippen LogP contribution in [0.4, 0.5) is 0 Å². The fraction of sp³-hybridized carbons (Fsp3) is 0.500. The van der Waals surface area contributed by atoms with Gasteiger partial charge < -0.3 is 4.74 Å². The molecule has 0 radical (unpaired) electrons. The molecule has 0 aliphatic rings. The van der Waals surface area contributed by atoms with Crippen LogP contribution in [0.5, 0.6) is 0 Å². The summed E-state index contributed by atoms with van der Waals surface area (Å²) in [5, 5.41) is 0. The van der Waals surface area contributed by atoms with Gasteiger partial charge in [-0.1, -0.05) is 0 Å². The Morgan fingerprint density at radius 3 is 2.31 bits per heavy atom. The molecule has 0 aliphatic carbocycles. The molecule has 0 aromatic rings. The summed E-state index contributed by atoms with van der Waals surface area (Å²) in [5.74, 6) is -3.01. The number of hydrogen-bond acceptors (Lipinski definition) is 4. The van der Waals surface area contributed by atoms with Crippen LogP contribution in [0.2, 0.25) is 0 Å². The lowest BCUT2D eigenvalue weighted by molar-refractivity contribution is -0.372. The molecule has 0 saturated heterocycles. The summed E-state index contributed by atoms with van der Waals surface area (Å²) in [6.45, 7) is 4.07. The van der Waals surface area contributed by atoms with Crippen molar-refractivity contribution < 1.29 is 23.5 Å². The average molecular weight is 187 g/mol. The van der Waals surface area contributed by atoms with Crippen LogP contribution in [0.15, 0.2) is 0 Å². The maximum absolute atomic E-state index is 10.9. The van der Waals surface area contributed by atoms with Crippen molar-refractivity contribution in [2.45, 2.75) is 13.3 Å². The van der Waals surface area contributed by atoms with Gasteiger partial charge in [0.25, 0.3) is 0 Å². The number of Topliss-reactive ketones (excluding diaryl/α,β-unsaturated/α-hetero) is 1. The third kappa shape index (κ3) is 3.59.